The molecule has 0 heterocycles. The van der Waals surface area contributed by atoms with Crippen LogP contribution in [0.15, 0.2) is 0 Å². The second-order valence-electron chi connectivity index (χ2n) is 4.38. The maximum atomic E-state index is 2.54. The zero-order chi connectivity index (χ0) is 9.56. The fraction of sp³-hybridized carbons (Fsp3) is 1.00. The number of rotatable bonds is 6. The Morgan fingerprint density at radius 2 is 1.58 bits per heavy atom. The van der Waals surface area contributed by atoms with Gasteiger partial charge in [0.2, 0.25) is 0 Å². The molecule has 0 aliphatic carbocycles. The SMILES string of the molecule is CCC(C)[B]C(CC)CC(C)C. The van der Waals surface area contributed by atoms with Crippen molar-refractivity contribution in [1.29, 1.82) is 0 Å². The minimum atomic E-state index is 0.800. The van der Waals surface area contributed by atoms with E-state index in [0.717, 1.165) is 17.6 Å². The van der Waals surface area contributed by atoms with E-state index < -0.39 is 0 Å². The number of hydrogen-bond acceptors (Lipinski definition) is 0. The highest BCUT2D eigenvalue weighted by Gasteiger charge is 2.13. The van der Waals surface area contributed by atoms with Crippen molar-refractivity contribution < 1.29 is 0 Å². The predicted molar refractivity (Wildman–Crippen MR) is 59.0 cm³/mol. The molecule has 1 heteroatoms. The Kier molecular flexibility index (Phi) is 6.60. The van der Waals surface area contributed by atoms with E-state index >= 15 is 0 Å². The van der Waals surface area contributed by atoms with Crippen LogP contribution in [0.5, 0.6) is 0 Å². The Balaban J connectivity index is 3.66. The number of hydrogen-bond donors (Lipinski definition) is 0. The molecule has 0 aromatic carbocycles. The largest absolute Gasteiger partial charge is 0.117 e. The van der Waals surface area contributed by atoms with Crippen molar-refractivity contribution in [3.05, 3.63) is 0 Å². The molecule has 0 aromatic heterocycles. The van der Waals surface area contributed by atoms with Gasteiger partial charge in [-0.15, -0.1) is 0 Å². The molecule has 0 N–H and O–H groups in total. The van der Waals surface area contributed by atoms with Crippen LogP contribution in [0, 0.1) is 5.92 Å². The van der Waals surface area contributed by atoms with Gasteiger partial charge in [-0.05, 0) is 5.92 Å². The van der Waals surface area contributed by atoms with E-state index in [2.05, 4.69) is 41.9 Å². The van der Waals surface area contributed by atoms with Crippen LogP contribution in [-0.2, 0) is 0 Å². The van der Waals surface area contributed by atoms with Crippen molar-refractivity contribution in [3.8, 4) is 0 Å². The third-order valence-corrected chi connectivity index (χ3v) is 2.54. The molecule has 0 aliphatic rings. The molecular formula is C11H24B. The lowest BCUT2D eigenvalue weighted by Gasteiger charge is -2.19. The van der Waals surface area contributed by atoms with Gasteiger partial charge in [-0.25, -0.2) is 0 Å². The molecule has 0 bridgehead atoms. The van der Waals surface area contributed by atoms with Gasteiger partial charge in [-0.2, -0.15) is 0 Å². The molecule has 0 nitrogen and oxygen atoms in total. The topological polar surface area (TPSA) is 0 Å². The van der Waals surface area contributed by atoms with Crippen molar-refractivity contribution in [1.82, 2.24) is 0 Å². The van der Waals surface area contributed by atoms with Gasteiger partial charge in [-0.3, -0.25) is 0 Å². The third-order valence-electron chi connectivity index (χ3n) is 2.54. The Morgan fingerprint density at radius 3 is 1.92 bits per heavy atom. The molecule has 0 fully saturated rings. The summed E-state index contributed by atoms with van der Waals surface area (Å²) in [4.78, 5) is 0. The second-order valence-corrected chi connectivity index (χ2v) is 4.38. The van der Waals surface area contributed by atoms with E-state index in [0.29, 0.717) is 0 Å². The molecule has 1 radical (unpaired) electrons. The molecule has 0 spiro atoms. The van der Waals surface area contributed by atoms with Crippen molar-refractivity contribution in [2.45, 2.75) is 65.5 Å². The standard InChI is InChI=1S/C11H24B/c1-6-10(5)12-11(7-2)8-9(3)4/h9-11H,6-8H2,1-5H3. The van der Waals surface area contributed by atoms with E-state index in [9.17, 15) is 0 Å². The van der Waals surface area contributed by atoms with Crippen molar-refractivity contribution >= 4 is 7.28 Å². The van der Waals surface area contributed by atoms with E-state index in [1.807, 2.05) is 0 Å². The zero-order valence-corrected chi connectivity index (χ0v) is 9.43. The first kappa shape index (κ1) is 12.1. The zero-order valence-electron chi connectivity index (χ0n) is 9.43. The molecule has 2 atom stereocenters. The highest BCUT2D eigenvalue weighted by Crippen LogP contribution is 2.25. The first-order valence-electron chi connectivity index (χ1n) is 5.45. The molecule has 2 unspecified atom stereocenters. The highest BCUT2D eigenvalue weighted by atomic mass is 14.1. The van der Waals surface area contributed by atoms with Gasteiger partial charge >= 0.3 is 0 Å². The Morgan fingerprint density at radius 1 is 1.00 bits per heavy atom. The second kappa shape index (κ2) is 6.57. The van der Waals surface area contributed by atoms with Gasteiger partial charge < -0.3 is 0 Å². The minimum absolute atomic E-state index is 0.800. The minimum Gasteiger partial charge on any atom is -0.0716 e. The van der Waals surface area contributed by atoms with E-state index in [-0.39, 0.29) is 0 Å². The maximum absolute atomic E-state index is 2.54. The van der Waals surface area contributed by atoms with Gasteiger partial charge in [0.05, 0.1) is 0 Å². The van der Waals surface area contributed by atoms with Crippen LogP contribution in [0.3, 0.4) is 0 Å². The highest BCUT2D eigenvalue weighted by molar-refractivity contribution is 6.39. The Labute approximate surface area is 79.4 Å². The van der Waals surface area contributed by atoms with Gasteiger partial charge in [0.1, 0.15) is 7.28 Å². The molecule has 0 amide bonds. The van der Waals surface area contributed by atoms with Crippen molar-refractivity contribution in [3.63, 3.8) is 0 Å². The molecule has 12 heavy (non-hydrogen) atoms. The summed E-state index contributed by atoms with van der Waals surface area (Å²) in [6.07, 6.45) is 3.96. The summed E-state index contributed by atoms with van der Waals surface area (Å²) in [7, 11) is 2.54. The van der Waals surface area contributed by atoms with Gasteiger partial charge in [0.15, 0.2) is 0 Å². The summed E-state index contributed by atoms with van der Waals surface area (Å²) in [6.45, 7) is 11.5. The first-order chi connectivity index (χ1) is 5.60. The Hall–Kier alpha value is 0.0649. The monoisotopic (exact) mass is 167 g/mol. The lowest BCUT2D eigenvalue weighted by molar-refractivity contribution is 0.542. The third kappa shape index (κ3) is 5.68. The summed E-state index contributed by atoms with van der Waals surface area (Å²) >= 11 is 0. The summed E-state index contributed by atoms with van der Waals surface area (Å²) in [5.74, 6) is 2.49. The average molecular weight is 167 g/mol. The lowest BCUT2D eigenvalue weighted by Crippen LogP contribution is -2.10. The van der Waals surface area contributed by atoms with Crippen LogP contribution in [0.4, 0.5) is 0 Å². The summed E-state index contributed by atoms with van der Waals surface area (Å²) < 4.78 is 0. The maximum Gasteiger partial charge on any atom is 0.117 e. The molecule has 0 aromatic rings. The average Bonchev–Trinajstić information content (AvgIpc) is 2.02. The summed E-state index contributed by atoms with van der Waals surface area (Å²) in [5, 5.41) is 0. The predicted octanol–water partition coefficient (Wildman–Crippen LogP) is 4.15. The van der Waals surface area contributed by atoms with Gasteiger partial charge in [0.25, 0.3) is 0 Å². The molecule has 0 aliphatic heterocycles. The quantitative estimate of drug-likeness (QED) is 0.521. The van der Waals surface area contributed by atoms with E-state index in [1.54, 1.807) is 0 Å². The fourth-order valence-electron chi connectivity index (χ4n) is 1.59. The van der Waals surface area contributed by atoms with Crippen molar-refractivity contribution in [2.24, 2.45) is 5.92 Å². The fourth-order valence-corrected chi connectivity index (χ4v) is 1.59. The molecule has 0 saturated carbocycles. The molecular weight excluding hydrogens is 143 g/mol. The van der Waals surface area contributed by atoms with Crippen molar-refractivity contribution in [2.75, 3.05) is 0 Å². The van der Waals surface area contributed by atoms with E-state index in [1.165, 1.54) is 19.3 Å². The smallest absolute Gasteiger partial charge is 0.0716 e. The van der Waals surface area contributed by atoms with Crippen LogP contribution in [0.1, 0.15) is 53.9 Å². The lowest BCUT2D eigenvalue weighted by atomic mass is 9.52. The van der Waals surface area contributed by atoms with Crippen LogP contribution in [-0.4, -0.2) is 7.28 Å². The first-order valence-corrected chi connectivity index (χ1v) is 5.45. The van der Waals surface area contributed by atoms with E-state index in [4.69, 9.17) is 0 Å². The molecule has 71 valence electrons. The summed E-state index contributed by atoms with van der Waals surface area (Å²) in [6, 6.07) is 0. The van der Waals surface area contributed by atoms with Crippen LogP contribution >= 0.6 is 0 Å². The van der Waals surface area contributed by atoms with Gasteiger partial charge in [0, 0.05) is 0 Å². The van der Waals surface area contributed by atoms with Crippen LogP contribution < -0.4 is 0 Å². The van der Waals surface area contributed by atoms with Crippen LogP contribution in [0.2, 0.25) is 11.6 Å². The summed E-state index contributed by atoms with van der Waals surface area (Å²) in [5.41, 5.74) is 0. The molecule has 0 rings (SSSR count). The van der Waals surface area contributed by atoms with Gasteiger partial charge in [-0.1, -0.05) is 65.5 Å². The Bertz CT molecular complexity index is 99.2. The normalized spacial score (nSPS) is 16.2. The van der Waals surface area contributed by atoms with Crippen LogP contribution in [0.25, 0.3) is 0 Å². The molecule has 0 saturated heterocycles.